The minimum Gasteiger partial charge on any atom is -0.484 e. The average molecular weight is 561 g/mol. The Morgan fingerprint density at radius 1 is 1.10 bits per heavy atom. The van der Waals surface area contributed by atoms with Crippen LogP contribution in [0.1, 0.15) is 40.7 Å². The Balaban J connectivity index is 1.37. The fourth-order valence-electron chi connectivity index (χ4n) is 4.14. The first-order valence-corrected chi connectivity index (χ1v) is 13.7. The molecule has 1 amide bonds. The van der Waals surface area contributed by atoms with Crippen LogP contribution < -0.4 is 10.1 Å². The van der Waals surface area contributed by atoms with Gasteiger partial charge in [-0.25, -0.2) is 0 Å². The molecule has 1 aliphatic heterocycles. The van der Waals surface area contributed by atoms with Crippen LogP contribution in [0.15, 0.2) is 64.4 Å². The van der Waals surface area contributed by atoms with E-state index in [9.17, 15) is 18.0 Å². The zero-order chi connectivity index (χ0) is 27.7. The molecule has 4 rings (SSSR count). The van der Waals surface area contributed by atoms with E-state index in [1.807, 2.05) is 35.9 Å². The van der Waals surface area contributed by atoms with Crippen LogP contribution in [0.3, 0.4) is 0 Å². The maximum Gasteiger partial charge on any atom is 0.416 e. The van der Waals surface area contributed by atoms with Gasteiger partial charge in [-0.05, 0) is 89.5 Å². The van der Waals surface area contributed by atoms with Crippen LogP contribution in [-0.4, -0.2) is 38.0 Å². The zero-order valence-electron chi connectivity index (χ0n) is 21.6. The molecule has 2 heterocycles. The number of halogens is 3. The first-order chi connectivity index (χ1) is 18.8. The quantitative estimate of drug-likeness (QED) is 0.225. The van der Waals surface area contributed by atoms with E-state index in [4.69, 9.17) is 14.3 Å². The summed E-state index contributed by atoms with van der Waals surface area (Å²) in [7, 11) is 0. The summed E-state index contributed by atoms with van der Waals surface area (Å²) in [5, 5.41) is 11.3. The van der Waals surface area contributed by atoms with Crippen LogP contribution in [-0.2, 0) is 33.6 Å². The second-order valence-electron chi connectivity index (χ2n) is 9.44. The molecule has 208 valence electrons. The van der Waals surface area contributed by atoms with Crippen molar-refractivity contribution < 1.29 is 32.3 Å². The van der Waals surface area contributed by atoms with E-state index in [0.29, 0.717) is 35.9 Å². The van der Waals surface area contributed by atoms with Gasteiger partial charge in [-0.2, -0.15) is 24.5 Å². The van der Waals surface area contributed by atoms with E-state index in [1.165, 1.54) is 12.1 Å². The van der Waals surface area contributed by atoms with Crippen LogP contribution in [0.25, 0.3) is 0 Å². The Morgan fingerprint density at radius 2 is 1.87 bits per heavy atom. The van der Waals surface area contributed by atoms with E-state index in [2.05, 4.69) is 10.5 Å². The standard InChI is InChI=1S/C29H31F3N2O4S/c1-20-14-24(4-7-27(20)37-18-28(35)33-16-21-8-11-36-12-9-21)26(15-23-10-13-39-19-23)34-38-17-22-2-5-25(6-3-22)29(30,31)32/h2-7,10,13-14,19,21H,8-9,11-12,15-18H2,1H3,(H,33,35). The van der Waals surface area contributed by atoms with Gasteiger partial charge in [0.2, 0.25) is 0 Å². The Kier molecular flexibility index (Phi) is 10.00. The van der Waals surface area contributed by atoms with Crippen LogP contribution >= 0.6 is 11.3 Å². The number of carbonyl (C=O) groups excluding carboxylic acids is 1. The van der Waals surface area contributed by atoms with Gasteiger partial charge in [0.15, 0.2) is 6.61 Å². The molecule has 39 heavy (non-hydrogen) atoms. The summed E-state index contributed by atoms with van der Waals surface area (Å²) < 4.78 is 49.6. The van der Waals surface area contributed by atoms with Crippen molar-refractivity contribution in [2.45, 2.75) is 39.0 Å². The number of oxime groups is 1. The third-order valence-corrected chi connectivity index (χ3v) is 7.17. The molecule has 2 aromatic carbocycles. The molecule has 10 heteroatoms. The number of amides is 1. The van der Waals surface area contributed by atoms with Crippen molar-refractivity contribution >= 4 is 23.0 Å². The van der Waals surface area contributed by atoms with E-state index in [1.54, 1.807) is 17.4 Å². The fourth-order valence-corrected chi connectivity index (χ4v) is 4.81. The summed E-state index contributed by atoms with van der Waals surface area (Å²) in [5.41, 5.74) is 3.27. The van der Waals surface area contributed by atoms with Gasteiger partial charge in [0, 0.05) is 31.7 Å². The third-order valence-electron chi connectivity index (χ3n) is 6.43. The first kappa shape index (κ1) is 28.6. The Bertz CT molecular complexity index is 1240. The van der Waals surface area contributed by atoms with Gasteiger partial charge in [0.05, 0.1) is 11.3 Å². The van der Waals surface area contributed by atoms with Gasteiger partial charge in [-0.15, -0.1) is 0 Å². The summed E-state index contributed by atoms with van der Waals surface area (Å²) in [4.78, 5) is 17.8. The molecule has 0 aliphatic carbocycles. The van der Waals surface area contributed by atoms with Crippen molar-refractivity contribution in [3.63, 3.8) is 0 Å². The van der Waals surface area contributed by atoms with Gasteiger partial charge < -0.3 is 19.6 Å². The molecule has 0 atom stereocenters. The van der Waals surface area contributed by atoms with Gasteiger partial charge in [0.25, 0.3) is 5.91 Å². The SMILES string of the molecule is Cc1cc(C(Cc2ccsc2)=NOCc2ccc(C(F)(F)F)cc2)ccc1OCC(=O)NCC1CCOCC1. The van der Waals surface area contributed by atoms with Crippen LogP contribution in [0.2, 0.25) is 0 Å². The van der Waals surface area contributed by atoms with Crippen molar-refractivity contribution in [1.29, 1.82) is 0 Å². The molecule has 1 N–H and O–H groups in total. The number of rotatable bonds is 11. The molecule has 1 aliphatic rings. The average Bonchev–Trinajstić information content (AvgIpc) is 3.44. The summed E-state index contributed by atoms with van der Waals surface area (Å²) in [5.74, 6) is 0.869. The highest BCUT2D eigenvalue weighted by Crippen LogP contribution is 2.29. The first-order valence-electron chi connectivity index (χ1n) is 12.7. The summed E-state index contributed by atoms with van der Waals surface area (Å²) >= 11 is 1.58. The number of ether oxygens (including phenoxy) is 2. The number of thiophene rings is 1. The van der Waals surface area contributed by atoms with Crippen molar-refractivity contribution in [2.24, 2.45) is 11.1 Å². The molecule has 0 unspecified atom stereocenters. The van der Waals surface area contributed by atoms with Crippen LogP contribution in [0.4, 0.5) is 13.2 Å². The highest BCUT2D eigenvalue weighted by atomic mass is 32.1. The van der Waals surface area contributed by atoms with Gasteiger partial charge in [-0.1, -0.05) is 17.3 Å². The summed E-state index contributed by atoms with van der Waals surface area (Å²) in [6, 6.07) is 12.4. The second kappa shape index (κ2) is 13.6. The lowest BCUT2D eigenvalue weighted by atomic mass is 10.0. The Labute approximate surface area is 229 Å². The number of nitrogens with one attached hydrogen (secondary N) is 1. The Morgan fingerprint density at radius 3 is 2.54 bits per heavy atom. The van der Waals surface area contributed by atoms with Crippen molar-refractivity contribution in [2.75, 3.05) is 26.4 Å². The number of hydrogen-bond acceptors (Lipinski definition) is 6. The highest BCUT2D eigenvalue weighted by Gasteiger charge is 2.29. The molecule has 1 saturated heterocycles. The van der Waals surface area contributed by atoms with E-state index < -0.39 is 11.7 Å². The number of benzene rings is 2. The molecular weight excluding hydrogens is 529 g/mol. The lowest BCUT2D eigenvalue weighted by molar-refractivity contribution is -0.137. The molecule has 3 aromatic rings. The molecule has 0 bridgehead atoms. The van der Waals surface area contributed by atoms with Crippen molar-refractivity contribution in [3.8, 4) is 5.75 Å². The van der Waals surface area contributed by atoms with Gasteiger partial charge in [-0.3, -0.25) is 4.79 Å². The van der Waals surface area contributed by atoms with E-state index in [0.717, 1.165) is 54.9 Å². The predicted molar refractivity (Wildman–Crippen MR) is 144 cm³/mol. The molecular formula is C29H31F3N2O4S. The highest BCUT2D eigenvalue weighted by molar-refractivity contribution is 7.08. The molecule has 6 nitrogen and oxygen atoms in total. The lowest BCUT2D eigenvalue weighted by Crippen LogP contribution is -2.35. The summed E-state index contributed by atoms with van der Waals surface area (Å²) in [6.07, 6.45) is -1.96. The molecule has 0 saturated carbocycles. The van der Waals surface area contributed by atoms with Gasteiger partial charge in [0.1, 0.15) is 12.4 Å². The summed E-state index contributed by atoms with van der Waals surface area (Å²) in [6.45, 7) is 3.95. The third kappa shape index (κ3) is 8.83. The van der Waals surface area contributed by atoms with Crippen molar-refractivity contribution in [1.82, 2.24) is 5.32 Å². The number of aryl methyl sites for hydroxylation is 1. The van der Waals surface area contributed by atoms with E-state index >= 15 is 0 Å². The number of carbonyl (C=O) groups is 1. The van der Waals surface area contributed by atoms with Gasteiger partial charge >= 0.3 is 6.18 Å². The Hall–Kier alpha value is -3.37. The fraction of sp³-hybridized carbons (Fsp3) is 0.379. The minimum atomic E-state index is -4.38. The van der Waals surface area contributed by atoms with Crippen LogP contribution in [0.5, 0.6) is 5.75 Å². The predicted octanol–water partition coefficient (Wildman–Crippen LogP) is 6.16. The largest absolute Gasteiger partial charge is 0.484 e. The molecule has 1 aromatic heterocycles. The number of hydrogen-bond donors (Lipinski definition) is 1. The van der Waals surface area contributed by atoms with Crippen LogP contribution in [0, 0.1) is 12.8 Å². The number of nitrogens with zero attached hydrogens (tertiary/aromatic N) is 1. The zero-order valence-corrected chi connectivity index (χ0v) is 22.4. The molecule has 1 fully saturated rings. The molecule has 0 spiro atoms. The maximum absolute atomic E-state index is 12.8. The smallest absolute Gasteiger partial charge is 0.416 e. The monoisotopic (exact) mass is 560 g/mol. The maximum atomic E-state index is 12.8. The van der Waals surface area contributed by atoms with Crippen molar-refractivity contribution in [3.05, 3.63) is 87.1 Å². The number of alkyl halides is 3. The second-order valence-corrected chi connectivity index (χ2v) is 10.2. The molecule has 0 radical (unpaired) electrons. The normalized spacial score (nSPS) is 14.7. The minimum absolute atomic E-state index is 0.0362. The topological polar surface area (TPSA) is 69.2 Å². The lowest BCUT2D eigenvalue weighted by Gasteiger charge is -2.22. The van der Waals surface area contributed by atoms with E-state index in [-0.39, 0.29) is 19.1 Å².